The first-order valence-electron chi connectivity index (χ1n) is 5.85. The van der Waals surface area contributed by atoms with Crippen LogP contribution in [0.4, 0.5) is 5.69 Å². The summed E-state index contributed by atoms with van der Waals surface area (Å²) in [5.41, 5.74) is 0.397. The highest BCUT2D eigenvalue weighted by Gasteiger charge is 2.07. The first kappa shape index (κ1) is 13.5. The van der Waals surface area contributed by atoms with Crippen LogP contribution in [-0.4, -0.2) is 21.6 Å². The summed E-state index contributed by atoms with van der Waals surface area (Å²) in [5.74, 6) is -1.45. The number of carbonyl (C=O) groups is 2. The van der Waals surface area contributed by atoms with Gasteiger partial charge in [-0.1, -0.05) is 18.2 Å². The van der Waals surface area contributed by atoms with Crippen LogP contribution >= 0.6 is 0 Å². The third-order valence-electron chi connectivity index (χ3n) is 2.58. The predicted molar refractivity (Wildman–Crippen MR) is 72.7 cm³/mol. The van der Waals surface area contributed by atoms with Crippen LogP contribution in [0.5, 0.6) is 0 Å². The van der Waals surface area contributed by atoms with Crippen LogP contribution in [0.1, 0.15) is 10.4 Å². The molecule has 0 saturated heterocycles. The SMILES string of the molecule is O=C(O)Cn1cc(NC(=O)c2ccccc2)ccc1=O. The molecular formula is C14H12N2O4. The molecule has 0 atom stereocenters. The molecule has 0 aliphatic carbocycles. The number of carbonyl (C=O) groups excluding carboxylic acids is 1. The highest BCUT2D eigenvalue weighted by atomic mass is 16.4. The molecule has 2 aromatic rings. The summed E-state index contributed by atoms with van der Waals surface area (Å²) >= 11 is 0. The Balaban J connectivity index is 2.20. The summed E-state index contributed by atoms with van der Waals surface area (Å²) in [5, 5.41) is 11.3. The number of carboxylic acids is 1. The fraction of sp³-hybridized carbons (Fsp3) is 0.0714. The molecule has 2 rings (SSSR count). The van der Waals surface area contributed by atoms with E-state index >= 15 is 0 Å². The van der Waals surface area contributed by atoms with Gasteiger partial charge >= 0.3 is 5.97 Å². The van der Waals surface area contributed by atoms with E-state index in [1.807, 2.05) is 0 Å². The van der Waals surface area contributed by atoms with Gasteiger partial charge in [-0.25, -0.2) is 0 Å². The molecular weight excluding hydrogens is 260 g/mol. The maximum Gasteiger partial charge on any atom is 0.323 e. The fourth-order valence-corrected chi connectivity index (χ4v) is 1.67. The van der Waals surface area contributed by atoms with Crippen LogP contribution in [0.3, 0.4) is 0 Å². The number of hydrogen-bond acceptors (Lipinski definition) is 3. The number of pyridine rings is 1. The molecule has 1 aromatic carbocycles. The Morgan fingerprint density at radius 2 is 1.80 bits per heavy atom. The third-order valence-corrected chi connectivity index (χ3v) is 2.58. The lowest BCUT2D eigenvalue weighted by Crippen LogP contribution is -2.24. The van der Waals surface area contributed by atoms with Gasteiger partial charge in [-0.3, -0.25) is 14.4 Å². The molecule has 0 fully saturated rings. The van der Waals surface area contributed by atoms with Crippen molar-refractivity contribution in [3.05, 3.63) is 64.6 Å². The Hall–Kier alpha value is -2.89. The van der Waals surface area contributed by atoms with Crippen molar-refractivity contribution in [1.82, 2.24) is 4.57 Å². The van der Waals surface area contributed by atoms with Gasteiger partial charge in [0.15, 0.2) is 0 Å². The van der Waals surface area contributed by atoms with Crippen molar-refractivity contribution < 1.29 is 14.7 Å². The fourth-order valence-electron chi connectivity index (χ4n) is 1.67. The standard InChI is InChI=1S/C14H12N2O4/c17-12-7-6-11(8-16(12)9-13(18)19)15-14(20)10-4-2-1-3-5-10/h1-8H,9H2,(H,15,20)(H,18,19). The van der Waals surface area contributed by atoms with E-state index in [0.29, 0.717) is 11.3 Å². The summed E-state index contributed by atoms with van der Waals surface area (Å²) in [4.78, 5) is 34.0. The van der Waals surface area contributed by atoms with Gasteiger partial charge in [0.25, 0.3) is 11.5 Å². The van der Waals surface area contributed by atoms with Crippen molar-refractivity contribution in [2.45, 2.75) is 6.54 Å². The molecule has 6 nitrogen and oxygen atoms in total. The molecule has 0 radical (unpaired) electrons. The number of benzene rings is 1. The number of hydrogen-bond donors (Lipinski definition) is 2. The quantitative estimate of drug-likeness (QED) is 0.874. The van der Waals surface area contributed by atoms with Crippen molar-refractivity contribution in [2.24, 2.45) is 0 Å². The average molecular weight is 272 g/mol. The normalized spacial score (nSPS) is 10.0. The Morgan fingerprint density at radius 3 is 2.45 bits per heavy atom. The number of rotatable bonds is 4. The van der Waals surface area contributed by atoms with Crippen LogP contribution in [0.2, 0.25) is 0 Å². The molecule has 1 amide bonds. The number of aromatic nitrogens is 1. The second-order valence-corrected chi connectivity index (χ2v) is 4.10. The zero-order valence-corrected chi connectivity index (χ0v) is 10.4. The van der Waals surface area contributed by atoms with Crippen molar-refractivity contribution in [3.8, 4) is 0 Å². The molecule has 0 aliphatic rings. The number of aliphatic carboxylic acids is 1. The van der Waals surface area contributed by atoms with Gasteiger partial charge in [-0.2, -0.15) is 0 Å². The van der Waals surface area contributed by atoms with Gasteiger partial charge in [-0.05, 0) is 18.2 Å². The summed E-state index contributed by atoms with van der Waals surface area (Å²) in [6, 6.07) is 11.2. The molecule has 20 heavy (non-hydrogen) atoms. The lowest BCUT2D eigenvalue weighted by Gasteiger charge is -2.08. The van der Waals surface area contributed by atoms with Gasteiger partial charge in [0.2, 0.25) is 0 Å². The maximum absolute atomic E-state index is 11.9. The minimum Gasteiger partial charge on any atom is -0.480 e. The van der Waals surface area contributed by atoms with Gasteiger partial charge in [0, 0.05) is 17.8 Å². The van der Waals surface area contributed by atoms with Gasteiger partial charge < -0.3 is 15.0 Å². The minimum absolute atomic E-state index is 0.328. The minimum atomic E-state index is -1.13. The topological polar surface area (TPSA) is 88.4 Å². The second-order valence-electron chi connectivity index (χ2n) is 4.10. The molecule has 0 aliphatic heterocycles. The van der Waals surface area contributed by atoms with Gasteiger partial charge in [0.1, 0.15) is 6.54 Å². The van der Waals surface area contributed by atoms with E-state index in [9.17, 15) is 14.4 Å². The summed E-state index contributed by atoms with van der Waals surface area (Å²) in [6.07, 6.45) is 1.30. The number of anilines is 1. The van der Waals surface area contributed by atoms with E-state index < -0.39 is 18.1 Å². The Bertz CT molecular complexity index is 692. The molecule has 102 valence electrons. The van der Waals surface area contributed by atoms with Crippen LogP contribution in [-0.2, 0) is 11.3 Å². The molecule has 0 saturated carbocycles. The lowest BCUT2D eigenvalue weighted by atomic mass is 10.2. The van der Waals surface area contributed by atoms with E-state index in [2.05, 4.69) is 5.32 Å². The molecule has 0 unspecified atom stereocenters. The number of nitrogens with zero attached hydrogens (tertiary/aromatic N) is 1. The molecule has 0 spiro atoms. The second kappa shape index (κ2) is 5.83. The molecule has 6 heteroatoms. The molecule has 1 aromatic heterocycles. The third kappa shape index (κ3) is 3.32. The van der Waals surface area contributed by atoms with E-state index in [1.165, 1.54) is 18.3 Å². The number of carboxylic acid groups (broad SMARTS) is 1. The summed E-state index contributed by atoms with van der Waals surface area (Å²) in [6.45, 7) is -0.451. The zero-order chi connectivity index (χ0) is 14.5. The maximum atomic E-state index is 11.9. The first-order valence-corrected chi connectivity index (χ1v) is 5.85. The van der Waals surface area contributed by atoms with Crippen LogP contribution < -0.4 is 10.9 Å². The van der Waals surface area contributed by atoms with Crippen molar-refractivity contribution in [2.75, 3.05) is 5.32 Å². The van der Waals surface area contributed by atoms with E-state index in [1.54, 1.807) is 30.3 Å². The van der Waals surface area contributed by atoms with Crippen LogP contribution in [0, 0.1) is 0 Å². The van der Waals surface area contributed by atoms with Crippen molar-refractivity contribution in [3.63, 3.8) is 0 Å². The van der Waals surface area contributed by atoms with E-state index in [0.717, 1.165) is 4.57 Å². The predicted octanol–water partition coefficient (Wildman–Crippen LogP) is 1.19. The Morgan fingerprint density at radius 1 is 1.10 bits per heavy atom. The summed E-state index contributed by atoms with van der Waals surface area (Å²) < 4.78 is 1.02. The first-order chi connectivity index (χ1) is 9.56. The largest absolute Gasteiger partial charge is 0.480 e. The van der Waals surface area contributed by atoms with Crippen molar-refractivity contribution >= 4 is 17.6 Å². The lowest BCUT2D eigenvalue weighted by molar-refractivity contribution is -0.137. The van der Waals surface area contributed by atoms with Gasteiger partial charge in [-0.15, -0.1) is 0 Å². The van der Waals surface area contributed by atoms with Gasteiger partial charge in [0.05, 0.1) is 5.69 Å². The Labute approximate surface area is 114 Å². The number of amides is 1. The van der Waals surface area contributed by atoms with E-state index in [-0.39, 0.29) is 5.91 Å². The van der Waals surface area contributed by atoms with Crippen LogP contribution in [0.15, 0.2) is 53.5 Å². The van der Waals surface area contributed by atoms with Crippen LogP contribution in [0.25, 0.3) is 0 Å². The average Bonchev–Trinajstić information content (AvgIpc) is 2.43. The monoisotopic (exact) mass is 272 g/mol. The smallest absolute Gasteiger partial charge is 0.323 e. The number of nitrogens with one attached hydrogen (secondary N) is 1. The molecule has 2 N–H and O–H groups in total. The zero-order valence-electron chi connectivity index (χ0n) is 10.4. The molecule has 0 bridgehead atoms. The van der Waals surface area contributed by atoms with Crippen molar-refractivity contribution in [1.29, 1.82) is 0 Å². The van der Waals surface area contributed by atoms with E-state index in [4.69, 9.17) is 5.11 Å². The highest BCUT2D eigenvalue weighted by molar-refractivity contribution is 6.04. The Kier molecular flexibility index (Phi) is 3.95. The highest BCUT2D eigenvalue weighted by Crippen LogP contribution is 2.07. The summed E-state index contributed by atoms with van der Waals surface area (Å²) in [7, 11) is 0. The molecule has 1 heterocycles.